The molecule has 0 radical (unpaired) electrons. The number of aromatic nitrogens is 2. The predicted octanol–water partition coefficient (Wildman–Crippen LogP) is 2.44. The quantitative estimate of drug-likeness (QED) is 0.498. The lowest BCUT2D eigenvalue weighted by atomic mass is 10.2. The Morgan fingerprint density at radius 1 is 1.16 bits per heavy atom. The van der Waals surface area contributed by atoms with Crippen LogP contribution in [0.5, 0.6) is 0 Å². The summed E-state index contributed by atoms with van der Waals surface area (Å²) >= 11 is 5.18. The first-order valence-electron chi connectivity index (χ1n) is 7.86. The lowest BCUT2D eigenvalue weighted by Crippen LogP contribution is -2.44. The molecule has 3 N–H and O–H groups in total. The third kappa shape index (κ3) is 4.13. The SMILES string of the molecule is Cc1cccc(NC(=S)NNC(=O)Cc2nc3ccccc3n2C)c1. The molecule has 0 saturated heterocycles. The molecule has 2 aromatic carbocycles. The van der Waals surface area contributed by atoms with Crippen LogP contribution in [0.3, 0.4) is 0 Å². The zero-order chi connectivity index (χ0) is 17.8. The minimum atomic E-state index is -0.216. The van der Waals surface area contributed by atoms with Gasteiger partial charge in [0.2, 0.25) is 5.91 Å². The highest BCUT2D eigenvalue weighted by atomic mass is 32.1. The Bertz CT molecular complexity index is 934. The van der Waals surface area contributed by atoms with Crippen LogP contribution in [0.15, 0.2) is 48.5 Å². The van der Waals surface area contributed by atoms with Crippen LogP contribution in [0.4, 0.5) is 5.69 Å². The maximum absolute atomic E-state index is 12.1. The molecule has 1 heterocycles. The van der Waals surface area contributed by atoms with E-state index in [1.807, 2.05) is 67.1 Å². The zero-order valence-electron chi connectivity index (χ0n) is 14.0. The fourth-order valence-electron chi connectivity index (χ4n) is 2.55. The van der Waals surface area contributed by atoms with E-state index in [1.165, 1.54) is 0 Å². The van der Waals surface area contributed by atoms with E-state index in [0.29, 0.717) is 10.9 Å². The van der Waals surface area contributed by atoms with Crippen molar-refractivity contribution in [2.24, 2.45) is 7.05 Å². The van der Waals surface area contributed by atoms with Gasteiger partial charge in [-0.25, -0.2) is 4.98 Å². The van der Waals surface area contributed by atoms with E-state index < -0.39 is 0 Å². The number of nitrogens with zero attached hydrogens (tertiary/aromatic N) is 2. The van der Waals surface area contributed by atoms with Gasteiger partial charge in [0.1, 0.15) is 5.82 Å². The number of anilines is 1. The van der Waals surface area contributed by atoms with Gasteiger partial charge >= 0.3 is 0 Å². The summed E-state index contributed by atoms with van der Waals surface area (Å²) in [6.45, 7) is 2.00. The number of fused-ring (bicyclic) bond motifs is 1. The molecule has 0 bridgehead atoms. The van der Waals surface area contributed by atoms with E-state index in [0.717, 1.165) is 22.3 Å². The second kappa shape index (κ2) is 7.31. The summed E-state index contributed by atoms with van der Waals surface area (Å²) in [7, 11) is 1.90. The molecule has 0 spiro atoms. The number of carbonyl (C=O) groups is 1. The Morgan fingerprint density at radius 2 is 1.96 bits per heavy atom. The summed E-state index contributed by atoms with van der Waals surface area (Å²) in [5.74, 6) is 0.477. The molecule has 6 nitrogen and oxygen atoms in total. The number of amides is 1. The van der Waals surface area contributed by atoms with Crippen LogP contribution in [-0.2, 0) is 18.3 Å². The fourth-order valence-corrected chi connectivity index (χ4v) is 2.72. The van der Waals surface area contributed by atoms with Crippen molar-refractivity contribution in [1.29, 1.82) is 0 Å². The lowest BCUT2D eigenvalue weighted by molar-refractivity contribution is -0.121. The summed E-state index contributed by atoms with van der Waals surface area (Å²) < 4.78 is 1.91. The molecular weight excluding hydrogens is 334 g/mol. The van der Waals surface area contributed by atoms with Gasteiger partial charge in [-0.1, -0.05) is 24.3 Å². The normalized spacial score (nSPS) is 10.5. The van der Waals surface area contributed by atoms with Crippen LogP contribution in [0.2, 0.25) is 0 Å². The average molecular weight is 353 g/mol. The molecule has 128 valence electrons. The van der Waals surface area contributed by atoms with Crippen LogP contribution < -0.4 is 16.2 Å². The van der Waals surface area contributed by atoms with Crippen molar-refractivity contribution < 1.29 is 4.79 Å². The van der Waals surface area contributed by atoms with E-state index in [9.17, 15) is 4.79 Å². The summed E-state index contributed by atoms with van der Waals surface area (Å²) in [5.41, 5.74) is 9.15. The number of rotatable bonds is 3. The van der Waals surface area contributed by atoms with Gasteiger partial charge in [-0.3, -0.25) is 15.6 Å². The van der Waals surface area contributed by atoms with Gasteiger partial charge < -0.3 is 9.88 Å². The largest absolute Gasteiger partial charge is 0.331 e. The smallest absolute Gasteiger partial charge is 0.245 e. The molecule has 25 heavy (non-hydrogen) atoms. The molecule has 0 aliphatic carbocycles. The van der Waals surface area contributed by atoms with Crippen LogP contribution in [-0.4, -0.2) is 20.6 Å². The highest BCUT2D eigenvalue weighted by Crippen LogP contribution is 2.14. The summed E-state index contributed by atoms with van der Waals surface area (Å²) in [5, 5.41) is 3.34. The van der Waals surface area contributed by atoms with Crippen LogP contribution >= 0.6 is 12.2 Å². The molecule has 3 aromatic rings. The van der Waals surface area contributed by atoms with E-state index >= 15 is 0 Å². The van der Waals surface area contributed by atoms with E-state index in [-0.39, 0.29) is 12.3 Å². The number of thiocarbonyl (C=S) groups is 1. The first-order chi connectivity index (χ1) is 12.0. The molecular formula is C18H19N5OS. The van der Waals surface area contributed by atoms with Gasteiger partial charge in [-0.15, -0.1) is 0 Å². The van der Waals surface area contributed by atoms with Gasteiger partial charge in [-0.2, -0.15) is 0 Å². The average Bonchev–Trinajstić information content (AvgIpc) is 2.89. The summed E-state index contributed by atoms with van der Waals surface area (Å²) in [6.07, 6.45) is 0.158. The Morgan fingerprint density at radius 3 is 2.72 bits per heavy atom. The highest BCUT2D eigenvalue weighted by molar-refractivity contribution is 7.80. The predicted molar refractivity (Wildman–Crippen MR) is 103 cm³/mol. The number of aryl methyl sites for hydroxylation is 2. The fraction of sp³-hybridized carbons (Fsp3) is 0.167. The van der Waals surface area contributed by atoms with E-state index in [2.05, 4.69) is 21.2 Å². The third-order valence-corrected chi connectivity index (χ3v) is 3.99. The van der Waals surface area contributed by atoms with Crippen molar-refractivity contribution in [2.75, 3.05) is 5.32 Å². The highest BCUT2D eigenvalue weighted by Gasteiger charge is 2.11. The number of imidazole rings is 1. The molecule has 1 amide bonds. The Hall–Kier alpha value is -2.93. The second-order valence-electron chi connectivity index (χ2n) is 5.75. The van der Waals surface area contributed by atoms with Gasteiger partial charge in [-0.05, 0) is 49.0 Å². The number of carbonyl (C=O) groups excluding carboxylic acids is 1. The van der Waals surface area contributed by atoms with Gasteiger partial charge in [0.25, 0.3) is 0 Å². The van der Waals surface area contributed by atoms with Crippen molar-refractivity contribution in [3.8, 4) is 0 Å². The maximum Gasteiger partial charge on any atom is 0.245 e. The zero-order valence-corrected chi connectivity index (χ0v) is 14.9. The number of nitrogens with one attached hydrogen (secondary N) is 3. The first-order valence-corrected chi connectivity index (χ1v) is 8.26. The molecule has 7 heteroatoms. The third-order valence-electron chi connectivity index (χ3n) is 3.79. The van der Waals surface area contributed by atoms with Gasteiger partial charge in [0, 0.05) is 12.7 Å². The standard InChI is InChI=1S/C18H19N5OS/c1-12-6-5-7-13(10-12)19-18(25)22-21-17(24)11-16-20-14-8-3-4-9-15(14)23(16)2/h3-10H,11H2,1-2H3,(H,21,24)(H2,19,22,25). The van der Waals surface area contributed by atoms with E-state index in [1.54, 1.807) is 0 Å². The number of benzene rings is 2. The minimum Gasteiger partial charge on any atom is -0.331 e. The molecule has 3 rings (SSSR count). The summed E-state index contributed by atoms with van der Waals surface area (Å²) in [4.78, 5) is 16.6. The molecule has 0 aliphatic rings. The van der Waals surface area contributed by atoms with Gasteiger partial charge in [0.15, 0.2) is 5.11 Å². The number of hydrogen-bond acceptors (Lipinski definition) is 3. The molecule has 0 aliphatic heterocycles. The first kappa shape index (κ1) is 16.9. The molecule has 0 saturated carbocycles. The van der Waals surface area contributed by atoms with Crippen LogP contribution in [0, 0.1) is 6.92 Å². The Labute approximate surface area is 151 Å². The van der Waals surface area contributed by atoms with Crippen molar-refractivity contribution in [3.63, 3.8) is 0 Å². The number of para-hydroxylation sites is 2. The molecule has 1 aromatic heterocycles. The maximum atomic E-state index is 12.1. The van der Waals surface area contributed by atoms with Crippen molar-refractivity contribution >= 4 is 40.0 Å². The number of hydrazine groups is 1. The molecule has 0 fully saturated rings. The molecule has 0 atom stereocenters. The second-order valence-corrected chi connectivity index (χ2v) is 6.16. The lowest BCUT2D eigenvalue weighted by Gasteiger charge is -2.12. The van der Waals surface area contributed by atoms with E-state index in [4.69, 9.17) is 12.2 Å². The van der Waals surface area contributed by atoms with Crippen LogP contribution in [0.25, 0.3) is 11.0 Å². The van der Waals surface area contributed by atoms with Crippen molar-refractivity contribution in [1.82, 2.24) is 20.4 Å². The molecule has 0 unspecified atom stereocenters. The minimum absolute atomic E-state index is 0.158. The Balaban J connectivity index is 1.55. The van der Waals surface area contributed by atoms with Crippen molar-refractivity contribution in [3.05, 3.63) is 59.9 Å². The summed E-state index contributed by atoms with van der Waals surface area (Å²) in [6, 6.07) is 15.6. The van der Waals surface area contributed by atoms with Crippen molar-refractivity contribution in [2.45, 2.75) is 13.3 Å². The van der Waals surface area contributed by atoms with Gasteiger partial charge in [0.05, 0.1) is 17.5 Å². The monoisotopic (exact) mass is 353 g/mol. The number of hydrogen-bond donors (Lipinski definition) is 3. The topological polar surface area (TPSA) is 71.0 Å². The van der Waals surface area contributed by atoms with Crippen LogP contribution in [0.1, 0.15) is 11.4 Å². The Kier molecular flexibility index (Phi) is 4.95.